The van der Waals surface area contributed by atoms with Gasteiger partial charge in [-0.3, -0.25) is 0 Å². The van der Waals surface area contributed by atoms with Gasteiger partial charge in [-0.1, -0.05) is 15.9 Å². The Morgan fingerprint density at radius 2 is 1.86 bits per heavy atom. The first-order valence-corrected chi connectivity index (χ1v) is 9.67. The van der Waals surface area contributed by atoms with Gasteiger partial charge in [0.1, 0.15) is 4.90 Å². The van der Waals surface area contributed by atoms with E-state index in [-0.39, 0.29) is 16.6 Å². The van der Waals surface area contributed by atoms with Gasteiger partial charge in [-0.05, 0) is 61.0 Å². The summed E-state index contributed by atoms with van der Waals surface area (Å²) in [5.74, 6) is 0. The van der Waals surface area contributed by atoms with E-state index in [0.717, 1.165) is 30.4 Å². The summed E-state index contributed by atoms with van der Waals surface area (Å²) in [6.45, 7) is 1.81. The lowest BCUT2D eigenvalue weighted by atomic mass is 10.1. The fraction of sp³-hybridized carbons (Fsp3) is 0.538. The Balaban J connectivity index is 2.34. The summed E-state index contributed by atoms with van der Waals surface area (Å²) < 4.78 is 28.4. The zero-order valence-electron chi connectivity index (χ0n) is 12.0. The molecule has 0 aliphatic carbocycles. The van der Waals surface area contributed by atoms with Crippen LogP contribution in [0, 0.1) is 0 Å². The number of benzene rings is 1. The molecule has 0 bridgehead atoms. The van der Waals surface area contributed by atoms with Crippen molar-refractivity contribution in [3.63, 3.8) is 0 Å². The van der Waals surface area contributed by atoms with Crippen LogP contribution < -0.4 is 5.73 Å². The summed E-state index contributed by atoms with van der Waals surface area (Å²) >= 11 is 6.62. The lowest BCUT2D eigenvalue weighted by Crippen LogP contribution is -2.44. The number of sulfonamides is 1. The number of likely N-dealkylation sites (tertiary alicyclic amines) is 1. The first-order valence-electron chi connectivity index (χ1n) is 6.64. The first kappa shape index (κ1) is 17.2. The molecule has 1 aliphatic rings. The van der Waals surface area contributed by atoms with Crippen LogP contribution in [0.4, 0.5) is 5.69 Å². The summed E-state index contributed by atoms with van der Waals surface area (Å²) in [5.41, 5.74) is 6.17. The number of piperidine rings is 1. The number of hydrogen-bond acceptors (Lipinski definition) is 4. The minimum Gasteiger partial charge on any atom is -0.398 e. The Morgan fingerprint density at radius 1 is 1.29 bits per heavy atom. The minimum absolute atomic E-state index is 0.0150. The van der Waals surface area contributed by atoms with Gasteiger partial charge in [-0.2, -0.15) is 4.31 Å². The van der Waals surface area contributed by atoms with Crippen molar-refractivity contribution in [1.29, 1.82) is 0 Å². The smallest absolute Gasteiger partial charge is 0.246 e. The Bertz CT molecular complexity index is 605. The molecule has 2 N–H and O–H groups in total. The van der Waals surface area contributed by atoms with Crippen molar-refractivity contribution in [3.05, 3.63) is 21.1 Å². The van der Waals surface area contributed by atoms with Crippen LogP contribution in [0.25, 0.3) is 0 Å². The van der Waals surface area contributed by atoms with E-state index in [9.17, 15) is 8.42 Å². The SMILES string of the molecule is CN1CCC(N(C)S(=O)(=O)c2c(N)cc(Br)cc2Br)CC1. The molecule has 2 rings (SSSR count). The molecular formula is C13H19Br2N3O2S. The fourth-order valence-corrected chi connectivity index (χ4v) is 5.98. The summed E-state index contributed by atoms with van der Waals surface area (Å²) in [7, 11) is 0.0757. The van der Waals surface area contributed by atoms with Gasteiger partial charge in [0, 0.05) is 22.0 Å². The number of nitrogens with two attached hydrogens (primary N) is 1. The Labute approximate surface area is 142 Å². The predicted octanol–water partition coefficient (Wildman–Crippen LogP) is 2.51. The second kappa shape index (κ2) is 6.54. The number of rotatable bonds is 3. The van der Waals surface area contributed by atoms with Crippen LogP contribution in [0.1, 0.15) is 12.8 Å². The minimum atomic E-state index is -3.61. The molecule has 0 unspecified atom stereocenters. The maximum absolute atomic E-state index is 12.9. The average Bonchev–Trinajstić information content (AvgIpc) is 2.37. The normalized spacial score (nSPS) is 18.3. The molecule has 0 aromatic heterocycles. The third kappa shape index (κ3) is 3.61. The molecule has 0 amide bonds. The molecule has 1 aliphatic heterocycles. The molecular weight excluding hydrogens is 422 g/mol. The van der Waals surface area contributed by atoms with Crippen LogP contribution in [0.5, 0.6) is 0 Å². The van der Waals surface area contributed by atoms with Crippen LogP contribution in [-0.2, 0) is 10.0 Å². The maximum Gasteiger partial charge on any atom is 0.246 e. The van der Waals surface area contributed by atoms with E-state index in [1.807, 2.05) is 7.05 Å². The van der Waals surface area contributed by atoms with Crippen molar-refractivity contribution in [2.24, 2.45) is 0 Å². The number of halogens is 2. The third-order valence-corrected chi connectivity index (χ3v) is 7.25. The van der Waals surface area contributed by atoms with Gasteiger partial charge in [0.25, 0.3) is 0 Å². The molecule has 1 heterocycles. The van der Waals surface area contributed by atoms with E-state index in [4.69, 9.17) is 5.73 Å². The summed E-state index contributed by atoms with van der Waals surface area (Å²) in [6, 6.07) is 3.33. The monoisotopic (exact) mass is 439 g/mol. The second-order valence-corrected chi connectivity index (χ2v) is 9.07. The highest BCUT2D eigenvalue weighted by molar-refractivity contribution is 9.11. The van der Waals surface area contributed by atoms with E-state index < -0.39 is 10.0 Å². The lowest BCUT2D eigenvalue weighted by Gasteiger charge is -2.34. The van der Waals surface area contributed by atoms with E-state index >= 15 is 0 Å². The van der Waals surface area contributed by atoms with Crippen LogP contribution in [0.3, 0.4) is 0 Å². The first-order chi connectivity index (χ1) is 9.73. The van der Waals surface area contributed by atoms with Crippen LogP contribution in [0.2, 0.25) is 0 Å². The standard InChI is InChI=1S/C13H19Br2N3O2S/c1-17-5-3-10(4-6-17)18(2)21(19,20)13-11(15)7-9(14)8-12(13)16/h7-8,10H,3-6,16H2,1-2H3. The highest BCUT2D eigenvalue weighted by Crippen LogP contribution is 2.34. The number of anilines is 1. The van der Waals surface area contributed by atoms with Crippen LogP contribution >= 0.6 is 31.9 Å². The number of nitrogens with zero attached hydrogens (tertiary/aromatic N) is 2. The van der Waals surface area contributed by atoms with Gasteiger partial charge in [-0.25, -0.2) is 8.42 Å². The molecule has 1 fully saturated rings. The van der Waals surface area contributed by atoms with Gasteiger partial charge in [0.15, 0.2) is 0 Å². The van der Waals surface area contributed by atoms with Crippen molar-refractivity contribution in [2.45, 2.75) is 23.8 Å². The summed E-state index contributed by atoms with van der Waals surface area (Å²) in [5, 5.41) is 0. The number of hydrogen-bond donors (Lipinski definition) is 1. The molecule has 0 spiro atoms. The van der Waals surface area contributed by atoms with Crippen molar-refractivity contribution in [2.75, 3.05) is 32.9 Å². The lowest BCUT2D eigenvalue weighted by molar-refractivity contribution is 0.197. The molecule has 8 heteroatoms. The molecule has 118 valence electrons. The largest absolute Gasteiger partial charge is 0.398 e. The van der Waals surface area contributed by atoms with Crippen molar-refractivity contribution < 1.29 is 8.42 Å². The Kier molecular flexibility index (Phi) is 5.36. The Morgan fingerprint density at radius 3 is 2.38 bits per heavy atom. The van der Waals surface area contributed by atoms with E-state index in [1.54, 1.807) is 19.2 Å². The third-order valence-electron chi connectivity index (χ3n) is 3.88. The molecule has 1 saturated heterocycles. The molecule has 1 aromatic rings. The zero-order valence-corrected chi connectivity index (χ0v) is 16.0. The van der Waals surface area contributed by atoms with Gasteiger partial charge in [0.05, 0.1) is 5.69 Å². The molecule has 1 aromatic carbocycles. The highest BCUT2D eigenvalue weighted by atomic mass is 79.9. The van der Waals surface area contributed by atoms with Gasteiger partial charge >= 0.3 is 0 Å². The predicted molar refractivity (Wildman–Crippen MR) is 91.7 cm³/mol. The van der Waals surface area contributed by atoms with Crippen molar-refractivity contribution in [3.8, 4) is 0 Å². The average molecular weight is 441 g/mol. The van der Waals surface area contributed by atoms with E-state index in [0.29, 0.717) is 4.47 Å². The second-order valence-electron chi connectivity index (χ2n) is 5.36. The summed E-state index contributed by atoms with van der Waals surface area (Å²) in [6.07, 6.45) is 1.67. The van der Waals surface area contributed by atoms with Gasteiger partial charge in [0.2, 0.25) is 10.0 Å². The van der Waals surface area contributed by atoms with Gasteiger partial charge < -0.3 is 10.6 Å². The van der Waals surface area contributed by atoms with E-state index in [1.165, 1.54) is 4.31 Å². The zero-order chi connectivity index (χ0) is 15.8. The van der Waals surface area contributed by atoms with Crippen molar-refractivity contribution in [1.82, 2.24) is 9.21 Å². The number of nitrogen functional groups attached to an aromatic ring is 1. The fourth-order valence-electron chi connectivity index (χ4n) is 2.55. The van der Waals surface area contributed by atoms with Crippen LogP contribution in [-0.4, -0.2) is 50.8 Å². The molecule has 21 heavy (non-hydrogen) atoms. The quantitative estimate of drug-likeness (QED) is 0.733. The van der Waals surface area contributed by atoms with Crippen molar-refractivity contribution >= 4 is 47.6 Å². The molecule has 0 radical (unpaired) electrons. The van der Waals surface area contributed by atoms with E-state index in [2.05, 4.69) is 36.8 Å². The Hall–Kier alpha value is -0.150. The highest BCUT2D eigenvalue weighted by Gasteiger charge is 2.32. The molecule has 0 saturated carbocycles. The van der Waals surface area contributed by atoms with Crippen LogP contribution in [0.15, 0.2) is 26.0 Å². The topological polar surface area (TPSA) is 66.6 Å². The maximum atomic E-state index is 12.9. The molecule has 5 nitrogen and oxygen atoms in total. The van der Waals surface area contributed by atoms with Gasteiger partial charge in [-0.15, -0.1) is 0 Å². The molecule has 0 atom stereocenters. The summed E-state index contributed by atoms with van der Waals surface area (Å²) in [4.78, 5) is 2.35.